The molecule has 8 aliphatic heterocycles. The fourth-order valence-electron chi connectivity index (χ4n) is 16.7. The van der Waals surface area contributed by atoms with E-state index in [4.69, 9.17) is 125 Å². The number of nitrogens with zero attached hydrogens (tertiary/aromatic N) is 12. The quantitative estimate of drug-likeness (QED) is 0.0105. The van der Waals surface area contributed by atoms with E-state index < -0.39 is 95.2 Å². The van der Waals surface area contributed by atoms with Gasteiger partial charge >= 0.3 is 47.8 Å². The van der Waals surface area contributed by atoms with E-state index in [0.717, 1.165) is 0 Å². The van der Waals surface area contributed by atoms with Gasteiger partial charge in [-0.15, -0.1) is 45.3 Å². The summed E-state index contributed by atoms with van der Waals surface area (Å²) >= 11 is 31.1. The first-order valence-corrected chi connectivity index (χ1v) is 49.9. The summed E-state index contributed by atoms with van der Waals surface area (Å²) in [5.74, 6) is -6.08. The number of morpholine rings is 4. The number of amidine groups is 4. The van der Waals surface area contributed by atoms with Crippen LogP contribution in [0.15, 0.2) is 184 Å². The SMILES string of the molecule is CCOC(=O)C1=C(CN2CCOC[C@@H]2CCC(=O)O)NC(c2nccs2)=N[C@H]1c1ccc(F)cc1Cl.CCOC(=O)C1=C(CN2CCOC[C@H]2CCC(=O)O)NC(c2nccs2)=N[C@H]1c1ccc(F)cc1Cl.COC(=O)C1=C(CN2CCOC[C@@H]2CCC(=O)O)NC(c2nccs2)=N[C@H]1c1ccc(F)cc1Cl.COC(=O)C1=C(CN2CCOC[C@H]2CCC(=O)O)NC(c2nccs2)=N[C@H]1c1ccc(F)cc1Cl. The highest BCUT2D eigenvalue weighted by Crippen LogP contribution is 2.43. The van der Waals surface area contributed by atoms with Crippen LogP contribution in [0.1, 0.15) is 132 Å². The lowest BCUT2D eigenvalue weighted by Crippen LogP contribution is -2.49. The van der Waals surface area contributed by atoms with Crippen molar-refractivity contribution in [3.05, 3.63) is 250 Å². The van der Waals surface area contributed by atoms with Crippen molar-refractivity contribution in [2.75, 3.05) is 133 Å². The van der Waals surface area contributed by atoms with E-state index in [1.807, 2.05) is 21.5 Å². The van der Waals surface area contributed by atoms with Crippen LogP contribution in [0.4, 0.5) is 17.6 Å². The summed E-state index contributed by atoms with van der Waals surface area (Å²) in [7, 11) is 2.56. The number of hydrogen-bond acceptors (Lipinski definition) is 36. The summed E-state index contributed by atoms with van der Waals surface area (Å²) in [6.45, 7) is 10.6. The molecule has 0 bridgehead atoms. The van der Waals surface area contributed by atoms with Gasteiger partial charge < -0.3 is 79.6 Å². The van der Waals surface area contributed by atoms with Crippen molar-refractivity contribution in [1.29, 1.82) is 0 Å². The molecule has 756 valence electrons. The van der Waals surface area contributed by atoms with Gasteiger partial charge in [0.25, 0.3) is 0 Å². The van der Waals surface area contributed by atoms with Gasteiger partial charge in [-0.05, 0) is 88.1 Å². The van der Waals surface area contributed by atoms with E-state index in [1.54, 1.807) is 38.6 Å². The normalized spacial score (nSPS) is 20.7. The van der Waals surface area contributed by atoms with Crippen LogP contribution < -0.4 is 21.3 Å². The maximum atomic E-state index is 13.8. The van der Waals surface area contributed by atoms with Gasteiger partial charge in [-0.3, -0.25) is 58.7 Å². The average molecular weight is 2120 g/mol. The van der Waals surface area contributed by atoms with Crippen LogP contribution >= 0.6 is 91.8 Å². The monoisotopic (exact) mass is 2120 g/mol. The predicted molar refractivity (Wildman–Crippen MR) is 521 cm³/mol. The molecule has 4 aromatic carbocycles. The number of carbonyl (C=O) groups excluding carboxylic acids is 4. The van der Waals surface area contributed by atoms with Gasteiger partial charge in [-0.2, -0.15) is 0 Å². The molecule has 0 radical (unpaired) electrons. The standard InChI is InChI=1S/2C24H26ClFN4O5S.2C23H24ClFN4O5S/c2*1-2-35-24(33)20-18(12-30-8-9-34-13-15(30)4-6-19(31)32)28-22(23-27-7-10-36-23)29-21(20)16-5-3-14(26)11-17(16)25;2*1-33-23(32)19-17(11-29-7-8-34-12-14(29)3-5-18(30)31)27-21(22-26-6-9-35-22)28-20(19)15-4-2-13(25)10-16(15)24/h2*3,5,7,10-11,15,21H,2,4,6,8-9,12-13H2,1H3,(H,28,29)(H,31,32);2*2,4,6,9-10,14,20H,3,5,7-8,11-12H2,1H3,(H,27,28)(H,30,31)/t15-,21+;15-,21-;14-,20+;14-,20-/m1010/s1. The lowest BCUT2D eigenvalue weighted by atomic mass is 9.94. The van der Waals surface area contributed by atoms with Crippen LogP contribution in [0.25, 0.3) is 0 Å². The van der Waals surface area contributed by atoms with Gasteiger partial charge in [-0.1, -0.05) is 70.7 Å². The Bertz CT molecular complexity index is 5740. The number of aliphatic carboxylic acids is 4. The summed E-state index contributed by atoms with van der Waals surface area (Å²) in [5, 5.41) is 59.9. The van der Waals surface area contributed by atoms with Gasteiger partial charge in [-0.25, -0.2) is 56.7 Å². The van der Waals surface area contributed by atoms with Crippen molar-refractivity contribution in [1.82, 2.24) is 60.8 Å². The van der Waals surface area contributed by atoms with Gasteiger partial charge in [0.2, 0.25) is 0 Å². The van der Waals surface area contributed by atoms with Crippen molar-refractivity contribution >= 4 is 163 Å². The molecule has 0 aliphatic carbocycles. The lowest BCUT2D eigenvalue weighted by Gasteiger charge is -2.37. The third-order valence-electron chi connectivity index (χ3n) is 23.5. The molecule has 48 heteroatoms. The number of thiazole rings is 4. The number of nitrogens with one attached hydrogen (secondary N) is 4. The molecular weight excluding hydrogens is 2020 g/mol. The predicted octanol–water partition coefficient (Wildman–Crippen LogP) is 12.9. The van der Waals surface area contributed by atoms with Crippen molar-refractivity contribution in [2.45, 2.75) is 114 Å². The Kier molecular flexibility index (Phi) is 39.6. The Morgan fingerprint density at radius 1 is 0.373 bits per heavy atom. The van der Waals surface area contributed by atoms with E-state index in [2.05, 4.69) is 60.8 Å². The molecule has 0 unspecified atom stereocenters. The first kappa shape index (κ1) is 108. The number of rotatable bonds is 34. The number of esters is 4. The van der Waals surface area contributed by atoms with Crippen molar-refractivity contribution in [3.63, 3.8) is 0 Å². The zero-order valence-corrected chi connectivity index (χ0v) is 83.2. The van der Waals surface area contributed by atoms with Crippen molar-refractivity contribution in [2.24, 2.45) is 20.0 Å². The average Bonchev–Trinajstić information content (AvgIpc) is 1.05. The molecule has 0 saturated carbocycles. The molecule has 0 spiro atoms. The third-order valence-corrected chi connectivity index (χ3v) is 27.9. The van der Waals surface area contributed by atoms with Crippen LogP contribution in [0.5, 0.6) is 0 Å². The van der Waals surface area contributed by atoms with E-state index in [-0.39, 0.29) is 119 Å². The Labute approximate surface area is 848 Å². The highest BCUT2D eigenvalue weighted by molar-refractivity contribution is 7.12. The van der Waals surface area contributed by atoms with Crippen LogP contribution in [-0.4, -0.2) is 288 Å². The summed E-state index contributed by atoms with van der Waals surface area (Å²) in [5.41, 5.74) is 4.96. The highest BCUT2D eigenvalue weighted by Gasteiger charge is 2.43. The zero-order chi connectivity index (χ0) is 101. The Morgan fingerprint density at radius 2 is 0.599 bits per heavy atom. The molecule has 4 saturated heterocycles. The van der Waals surface area contributed by atoms with Gasteiger partial charge in [0.1, 0.15) is 47.4 Å². The number of benzene rings is 4. The maximum Gasteiger partial charge on any atom is 0.338 e. The minimum Gasteiger partial charge on any atom is -0.481 e. The molecule has 142 heavy (non-hydrogen) atoms. The molecule has 36 nitrogen and oxygen atoms in total. The first-order valence-electron chi connectivity index (χ1n) is 44.8. The summed E-state index contributed by atoms with van der Waals surface area (Å²) in [6, 6.07) is 11.8. The van der Waals surface area contributed by atoms with Crippen LogP contribution in [0.2, 0.25) is 20.1 Å². The van der Waals surface area contributed by atoms with E-state index in [1.165, 1.54) is 132 Å². The third kappa shape index (κ3) is 28.6. The second-order valence-electron chi connectivity index (χ2n) is 32.6. The number of halogens is 8. The van der Waals surface area contributed by atoms with E-state index in [9.17, 15) is 55.9 Å². The fraction of sp³-hybridized carbons (Fsp3) is 0.404. The fourth-order valence-corrected chi connectivity index (χ4v) is 20.1. The lowest BCUT2D eigenvalue weighted by molar-refractivity contribution is -0.140. The Hall–Kier alpha value is -11.4. The zero-order valence-electron chi connectivity index (χ0n) is 76.9. The molecule has 8 N–H and O–H groups in total. The van der Waals surface area contributed by atoms with Crippen LogP contribution in [0.3, 0.4) is 0 Å². The number of carboxylic acids is 4. The summed E-state index contributed by atoms with van der Waals surface area (Å²) in [6.07, 6.45) is 8.20. The van der Waals surface area contributed by atoms with Gasteiger partial charge in [0, 0.05) is 214 Å². The molecular formula is C94H100Cl4F4N16O20S4. The number of carboxylic acid groups (broad SMARTS) is 4. The molecule has 16 rings (SSSR count). The van der Waals surface area contributed by atoms with E-state index >= 15 is 0 Å². The summed E-state index contributed by atoms with van der Waals surface area (Å²) < 4.78 is 98.6. The molecule has 4 fully saturated rings. The second kappa shape index (κ2) is 52.2. The number of hydrogen-bond donors (Lipinski definition) is 8. The molecule has 8 atom stereocenters. The molecule has 0 amide bonds. The molecule has 8 aromatic rings. The van der Waals surface area contributed by atoms with E-state index in [0.29, 0.717) is 206 Å². The van der Waals surface area contributed by atoms with Gasteiger partial charge in [0.05, 0.1) is 103 Å². The number of aliphatic imine (C=N–C) groups is 4. The Morgan fingerprint density at radius 3 is 0.789 bits per heavy atom. The number of carbonyl (C=O) groups is 8. The maximum absolute atomic E-state index is 13.8. The number of ether oxygens (including phenoxy) is 8. The Balaban J connectivity index is 0.000000159. The van der Waals surface area contributed by atoms with Crippen molar-refractivity contribution in [3.8, 4) is 0 Å². The minimum absolute atomic E-state index is 0.000494. The largest absolute Gasteiger partial charge is 0.481 e. The van der Waals surface area contributed by atoms with Crippen LogP contribution in [-0.2, 0) is 76.3 Å². The first-order chi connectivity index (χ1) is 68.5. The summed E-state index contributed by atoms with van der Waals surface area (Å²) in [4.78, 5) is 142. The highest BCUT2D eigenvalue weighted by atomic mass is 35.5. The second-order valence-corrected chi connectivity index (χ2v) is 37.8. The number of methoxy groups -OCH3 is 2. The molecule has 12 heterocycles. The molecule has 8 aliphatic rings. The van der Waals surface area contributed by atoms with Crippen molar-refractivity contribution < 1.29 is 114 Å². The topological polar surface area (TPSA) is 453 Å². The number of aromatic nitrogens is 4. The molecule has 4 aromatic heterocycles. The van der Waals surface area contributed by atoms with Gasteiger partial charge in [0.15, 0.2) is 43.4 Å². The van der Waals surface area contributed by atoms with Crippen LogP contribution in [0, 0.1) is 23.3 Å². The minimum atomic E-state index is -0.884. The smallest absolute Gasteiger partial charge is 0.338 e.